The normalized spacial score (nSPS) is 11.4. The third-order valence-electron chi connectivity index (χ3n) is 5.08. The lowest BCUT2D eigenvalue weighted by Crippen LogP contribution is -2.29. The summed E-state index contributed by atoms with van der Waals surface area (Å²) >= 11 is 0. The third kappa shape index (κ3) is 5.08. The molecule has 10 heteroatoms. The number of benzene rings is 3. The highest BCUT2D eigenvalue weighted by molar-refractivity contribution is 7.89. The summed E-state index contributed by atoms with van der Waals surface area (Å²) in [6.07, 6.45) is 0. The van der Waals surface area contributed by atoms with E-state index in [9.17, 15) is 12.8 Å². The molecule has 34 heavy (non-hydrogen) atoms. The fourth-order valence-electron chi connectivity index (χ4n) is 3.39. The number of hydrogen-bond donors (Lipinski definition) is 2. The van der Waals surface area contributed by atoms with Crippen LogP contribution in [-0.2, 0) is 10.0 Å². The van der Waals surface area contributed by atoms with Crippen LogP contribution in [0.1, 0.15) is 0 Å². The van der Waals surface area contributed by atoms with Crippen molar-refractivity contribution in [2.45, 2.75) is 4.90 Å². The zero-order valence-electron chi connectivity index (χ0n) is 18.6. The van der Waals surface area contributed by atoms with E-state index in [0.717, 1.165) is 34.3 Å². The Hall–Kier alpha value is -3.76. The first kappa shape index (κ1) is 23.4. The number of ether oxygens (including phenoxy) is 2. The van der Waals surface area contributed by atoms with E-state index in [4.69, 9.17) is 9.47 Å². The van der Waals surface area contributed by atoms with Crippen LogP contribution in [0.2, 0.25) is 0 Å². The van der Waals surface area contributed by atoms with Crippen molar-refractivity contribution in [2.75, 3.05) is 32.6 Å². The fourth-order valence-corrected chi connectivity index (χ4v) is 4.57. The average molecular weight is 483 g/mol. The third-order valence-corrected chi connectivity index (χ3v) is 6.58. The molecule has 8 nitrogen and oxygen atoms in total. The van der Waals surface area contributed by atoms with Crippen molar-refractivity contribution >= 4 is 26.7 Å². The SMILES string of the molecule is COc1ccc(-c2nc(NCCNS(=O)(=O)c3ccc(F)cc3OC)c3ccccc3n2)cc1. The van der Waals surface area contributed by atoms with E-state index in [0.29, 0.717) is 11.6 Å². The van der Waals surface area contributed by atoms with E-state index in [1.807, 2.05) is 48.5 Å². The summed E-state index contributed by atoms with van der Waals surface area (Å²) in [7, 11) is -1.01. The highest BCUT2D eigenvalue weighted by atomic mass is 32.2. The summed E-state index contributed by atoms with van der Waals surface area (Å²) in [5.74, 6) is 1.19. The van der Waals surface area contributed by atoms with Gasteiger partial charge in [0.1, 0.15) is 28.0 Å². The van der Waals surface area contributed by atoms with Crippen LogP contribution >= 0.6 is 0 Å². The maximum Gasteiger partial charge on any atom is 0.244 e. The predicted octanol–water partition coefficient (Wildman–Crippen LogP) is 3.84. The van der Waals surface area contributed by atoms with Crippen LogP contribution in [-0.4, -0.2) is 45.7 Å². The van der Waals surface area contributed by atoms with Gasteiger partial charge in [0.05, 0.1) is 19.7 Å². The Bertz CT molecular complexity index is 1410. The number of sulfonamides is 1. The maximum atomic E-state index is 13.4. The van der Waals surface area contributed by atoms with Gasteiger partial charge in [0, 0.05) is 30.1 Å². The van der Waals surface area contributed by atoms with Crippen LogP contribution in [0.5, 0.6) is 11.5 Å². The van der Waals surface area contributed by atoms with Gasteiger partial charge in [-0.05, 0) is 48.5 Å². The molecular formula is C24H23FN4O4S. The highest BCUT2D eigenvalue weighted by Crippen LogP contribution is 2.26. The Morgan fingerprint density at radius 1 is 0.912 bits per heavy atom. The molecular weight excluding hydrogens is 459 g/mol. The lowest BCUT2D eigenvalue weighted by Gasteiger charge is -2.13. The average Bonchev–Trinajstić information content (AvgIpc) is 2.86. The van der Waals surface area contributed by atoms with Gasteiger partial charge in [-0.25, -0.2) is 27.5 Å². The fraction of sp³-hybridized carbons (Fsp3) is 0.167. The molecule has 0 spiro atoms. The molecule has 0 radical (unpaired) electrons. The second-order valence-corrected chi connectivity index (χ2v) is 9.00. The lowest BCUT2D eigenvalue weighted by molar-refractivity contribution is 0.398. The molecule has 0 aliphatic heterocycles. The van der Waals surface area contributed by atoms with Crippen molar-refractivity contribution in [3.8, 4) is 22.9 Å². The molecule has 0 unspecified atom stereocenters. The molecule has 1 heterocycles. The predicted molar refractivity (Wildman–Crippen MR) is 128 cm³/mol. The quantitative estimate of drug-likeness (QED) is 0.350. The number of halogens is 1. The Kier molecular flexibility index (Phi) is 6.90. The van der Waals surface area contributed by atoms with Crippen molar-refractivity contribution in [1.82, 2.24) is 14.7 Å². The second kappa shape index (κ2) is 10.0. The number of hydrogen-bond acceptors (Lipinski definition) is 7. The van der Waals surface area contributed by atoms with E-state index in [1.54, 1.807) is 7.11 Å². The molecule has 4 rings (SSSR count). The van der Waals surface area contributed by atoms with Crippen LogP contribution in [0.3, 0.4) is 0 Å². The first-order chi connectivity index (χ1) is 16.4. The molecule has 0 aliphatic carbocycles. The number of aromatic nitrogens is 2. The van der Waals surface area contributed by atoms with Crippen LogP contribution in [0, 0.1) is 5.82 Å². The number of para-hydroxylation sites is 1. The van der Waals surface area contributed by atoms with Crippen LogP contribution in [0.25, 0.3) is 22.3 Å². The maximum absolute atomic E-state index is 13.4. The molecule has 0 fully saturated rings. The van der Waals surface area contributed by atoms with Crippen LogP contribution < -0.4 is 19.5 Å². The van der Waals surface area contributed by atoms with E-state index in [2.05, 4.69) is 20.0 Å². The molecule has 0 saturated carbocycles. The topological polar surface area (TPSA) is 102 Å². The zero-order valence-corrected chi connectivity index (χ0v) is 19.4. The second-order valence-electron chi connectivity index (χ2n) is 7.26. The van der Waals surface area contributed by atoms with Crippen molar-refractivity contribution < 1.29 is 22.3 Å². The van der Waals surface area contributed by atoms with E-state index >= 15 is 0 Å². The summed E-state index contributed by atoms with van der Waals surface area (Å²) in [6.45, 7) is 0.324. The lowest BCUT2D eigenvalue weighted by atomic mass is 10.1. The van der Waals surface area contributed by atoms with Crippen molar-refractivity contribution in [1.29, 1.82) is 0 Å². The molecule has 176 valence electrons. The van der Waals surface area contributed by atoms with Gasteiger partial charge in [-0.1, -0.05) is 12.1 Å². The minimum absolute atomic E-state index is 0.0635. The summed E-state index contributed by atoms with van der Waals surface area (Å²) in [4.78, 5) is 9.17. The van der Waals surface area contributed by atoms with Gasteiger partial charge < -0.3 is 14.8 Å². The molecule has 1 aromatic heterocycles. The number of anilines is 1. The number of methoxy groups -OCH3 is 2. The smallest absolute Gasteiger partial charge is 0.244 e. The Morgan fingerprint density at radius 3 is 2.41 bits per heavy atom. The summed E-state index contributed by atoms with van der Waals surface area (Å²) in [5, 5.41) is 4.00. The molecule has 0 amide bonds. The molecule has 0 bridgehead atoms. The molecule has 3 aromatic carbocycles. The number of nitrogens with zero attached hydrogens (tertiary/aromatic N) is 2. The highest BCUT2D eigenvalue weighted by Gasteiger charge is 2.19. The molecule has 0 aliphatic rings. The Morgan fingerprint density at radius 2 is 1.68 bits per heavy atom. The van der Waals surface area contributed by atoms with Gasteiger partial charge in [-0.3, -0.25) is 0 Å². The van der Waals surface area contributed by atoms with Crippen molar-refractivity contribution in [2.24, 2.45) is 0 Å². The zero-order chi connectivity index (χ0) is 24.1. The molecule has 2 N–H and O–H groups in total. The largest absolute Gasteiger partial charge is 0.497 e. The standard InChI is InChI=1S/C24H23FN4O4S/c1-32-18-10-7-16(8-11-18)23-28-20-6-4-3-5-19(20)24(29-23)26-13-14-27-34(30,31)22-12-9-17(25)15-21(22)33-2/h3-12,15,27H,13-14H2,1-2H3,(H,26,28,29). The Labute approximate surface area is 196 Å². The van der Waals surface area contributed by atoms with Gasteiger partial charge in [0.2, 0.25) is 10.0 Å². The molecule has 4 aromatic rings. The van der Waals surface area contributed by atoms with E-state index < -0.39 is 15.8 Å². The van der Waals surface area contributed by atoms with Crippen LogP contribution in [0.4, 0.5) is 10.2 Å². The van der Waals surface area contributed by atoms with Crippen LogP contribution in [0.15, 0.2) is 71.6 Å². The van der Waals surface area contributed by atoms with E-state index in [1.165, 1.54) is 13.2 Å². The minimum Gasteiger partial charge on any atom is -0.497 e. The summed E-state index contributed by atoms with van der Waals surface area (Å²) in [6, 6.07) is 18.2. The van der Waals surface area contributed by atoms with Crippen molar-refractivity contribution in [3.05, 3.63) is 72.5 Å². The van der Waals surface area contributed by atoms with Gasteiger partial charge in [0.25, 0.3) is 0 Å². The monoisotopic (exact) mass is 482 g/mol. The van der Waals surface area contributed by atoms with Gasteiger partial charge in [-0.15, -0.1) is 0 Å². The Balaban J connectivity index is 1.52. The minimum atomic E-state index is -3.90. The van der Waals surface area contributed by atoms with Crippen molar-refractivity contribution in [3.63, 3.8) is 0 Å². The summed E-state index contributed by atoms with van der Waals surface area (Å²) in [5.41, 5.74) is 1.57. The summed E-state index contributed by atoms with van der Waals surface area (Å²) < 4.78 is 51.4. The first-order valence-electron chi connectivity index (χ1n) is 10.4. The number of fused-ring (bicyclic) bond motifs is 1. The van der Waals surface area contributed by atoms with Gasteiger partial charge in [-0.2, -0.15) is 0 Å². The first-order valence-corrected chi connectivity index (χ1v) is 11.9. The van der Waals surface area contributed by atoms with Gasteiger partial charge in [0.15, 0.2) is 5.82 Å². The number of rotatable bonds is 9. The molecule has 0 saturated heterocycles. The molecule has 0 atom stereocenters. The van der Waals surface area contributed by atoms with Gasteiger partial charge >= 0.3 is 0 Å². The van der Waals surface area contributed by atoms with E-state index in [-0.39, 0.29) is 23.7 Å². The number of nitrogens with one attached hydrogen (secondary N) is 2.